The number of hydrogen-bond donors (Lipinski definition) is 2. The Balaban J connectivity index is 1.79. The molecule has 3 rings (SSSR count). The van der Waals surface area contributed by atoms with E-state index in [2.05, 4.69) is 20.4 Å². The van der Waals surface area contributed by atoms with E-state index in [1.165, 1.54) is 12.4 Å². The van der Waals surface area contributed by atoms with Crippen molar-refractivity contribution in [2.45, 2.75) is 32.6 Å². The smallest absolute Gasteiger partial charge is 0.422 e. The molecule has 0 fully saturated rings. The maximum atomic E-state index is 12.4. The highest BCUT2D eigenvalue weighted by atomic mass is 19.4. The van der Waals surface area contributed by atoms with Crippen molar-refractivity contribution in [3.05, 3.63) is 47.5 Å². The molecule has 8 nitrogen and oxygen atoms in total. The monoisotopic (exact) mass is 423 g/mol. The third-order valence-electron chi connectivity index (χ3n) is 4.15. The normalized spacial score (nSPS) is 12.7. The Morgan fingerprint density at radius 1 is 1.37 bits per heavy atom. The number of nitrogens with zero attached hydrogens (tertiary/aromatic N) is 4. The maximum Gasteiger partial charge on any atom is 0.422 e. The summed E-state index contributed by atoms with van der Waals surface area (Å²) in [5, 5.41) is 16.7. The number of amides is 1. The van der Waals surface area contributed by atoms with Crippen molar-refractivity contribution < 1.29 is 27.8 Å². The number of fused-ring (bicyclic) bond motifs is 1. The lowest BCUT2D eigenvalue weighted by Gasteiger charge is -2.11. The number of aromatic nitrogens is 4. The Kier molecular flexibility index (Phi) is 6.20. The van der Waals surface area contributed by atoms with Crippen LogP contribution in [0.3, 0.4) is 0 Å². The van der Waals surface area contributed by atoms with Crippen LogP contribution in [-0.4, -0.2) is 56.2 Å². The molecule has 3 aromatic heterocycles. The van der Waals surface area contributed by atoms with Gasteiger partial charge in [0.15, 0.2) is 6.61 Å². The minimum atomic E-state index is -4.44. The van der Waals surface area contributed by atoms with Gasteiger partial charge in [-0.1, -0.05) is 0 Å². The highest BCUT2D eigenvalue weighted by Crippen LogP contribution is 2.21. The molecule has 0 saturated heterocycles. The van der Waals surface area contributed by atoms with Crippen LogP contribution in [-0.2, 0) is 6.54 Å². The number of carbonyl (C=O) groups is 1. The first-order chi connectivity index (χ1) is 14.2. The molecule has 30 heavy (non-hydrogen) atoms. The van der Waals surface area contributed by atoms with Crippen molar-refractivity contribution >= 4 is 16.8 Å². The van der Waals surface area contributed by atoms with E-state index in [4.69, 9.17) is 9.84 Å². The number of pyridine rings is 2. The van der Waals surface area contributed by atoms with E-state index in [0.717, 1.165) is 0 Å². The topological polar surface area (TPSA) is 102 Å². The number of nitrogens with one attached hydrogen (secondary N) is 1. The molecular weight excluding hydrogens is 403 g/mol. The van der Waals surface area contributed by atoms with Gasteiger partial charge in [0.05, 0.1) is 24.1 Å². The highest BCUT2D eigenvalue weighted by molar-refractivity contribution is 6.04. The van der Waals surface area contributed by atoms with E-state index in [-0.39, 0.29) is 24.7 Å². The summed E-state index contributed by atoms with van der Waals surface area (Å²) in [7, 11) is 0. The zero-order valence-electron chi connectivity index (χ0n) is 16.3. The van der Waals surface area contributed by atoms with Crippen molar-refractivity contribution in [2.75, 3.05) is 13.2 Å². The molecule has 0 bridgehead atoms. The van der Waals surface area contributed by atoms with Gasteiger partial charge in [-0.15, -0.1) is 0 Å². The molecule has 0 aliphatic carbocycles. The van der Waals surface area contributed by atoms with Gasteiger partial charge in [0.2, 0.25) is 5.88 Å². The van der Waals surface area contributed by atoms with Crippen molar-refractivity contribution in [3.8, 4) is 5.88 Å². The first kappa shape index (κ1) is 21.5. The van der Waals surface area contributed by atoms with Crippen LogP contribution < -0.4 is 10.1 Å². The van der Waals surface area contributed by atoms with Crippen LogP contribution in [0.1, 0.15) is 28.5 Å². The zero-order chi connectivity index (χ0) is 21.9. The first-order valence-corrected chi connectivity index (χ1v) is 9.05. The van der Waals surface area contributed by atoms with E-state index >= 15 is 0 Å². The third-order valence-corrected chi connectivity index (χ3v) is 4.15. The van der Waals surface area contributed by atoms with Crippen LogP contribution in [0.25, 0.3) is 10.9 Å². The molecule has 3 heterocycles. The van der Waals surface area contributed by atoms with E-state index in [1.54, 1.807) is 36.9 Å². The summed E-state index contributed by atoms with van der Waals surface area (Å²) in [6, 6.07) is 2.91. The fourth-order valence-electron chi connectivity index (χ4n) is 2.79. The summed E-state index contributed by atoms with van der Waals surface area (Å²) in [6.45, 7) is 1.96. The molecule has 3 aromatic rings. The molecule has 0 aliphatic rings. The van der Waals surface area contributed by atoms with Crippen molar-refractivity contribution in [1.82, 2.24) is 25.1 Å². The van der Waals surface area contributed by atoms with Gasteiger partial charge in [-0.05, 0) is 31.5 Å². The maximum absolute atomic E-state index is 12.4. The second kappa shape index (κ2) is 8.66. The average Bonchev–Trinajstić information content (AvgIpc) is 3.08. The number of carbonyl (C=O) groups excluding carboxylic acids is 1. The minimum absolute atomic E-state index is 0.0807. The average molecular weight is 423 g/mol. The van der Waals surface area contributed by atoms with Crippen molar-refractivity contribution in [1.29, 1.82) is 0 Å². The van der Waals surface area contributed by atoms with E-state index in [0.29, 0.717) is 22.0 Å². The summed E-state index contributed by atoms with van der Waals surface area (Å²) in [6.07, 6.45) is 0.107. The lowest BCUT2D eigenvalue weighted by atomic mass is 10.2. The van der Waals surface area contributed by atoms with Gasteiger partial charge in [-0.25, -0.2) is 4.98 Å². The number of aryl methyl sites for hydroxylation is 1. The molecule has 1 amide bonds. The van der Waals surface area contributed by atoms with Crippen LogP contribution in [0.2, 0.25) is 0 Å². The number of halogens is 3. The molecular formula is C19H20F3N5O3. The van der Waals surface area contributed by atoms with Gasteiger partial charge in [-0.2, -0.15) is 18.3 Å². The van der Waals surface area contributed by atoms with Crippen LogP contribution in [0, 0.1) is 6.92 Å². The Labute approximate surface area is 169 Å². The minimum Gasteiger partial charge on any atom is -0.468 e. The molecule has 0 spiro atoms. The molecule has 0 unspecified atom stereocenters. The summed E-state index contributed by atoms with van der Waals surface area (Å²) in [5.74, 6) is -0.506. The van der Waals surface area contributed by atoms with E-state index in [9.17, 15) is 18.0 Å². The highest BCUT2D eigenvalue weighted by Gasteiger charge is 2.29. The van der Waals surface area contributed by atoms with Crippen molar-refractivity contribution in [3.63, 3.8) is 0 Å². The predicted molar refractivity (Wildman–Crippen MR) is 101 cm³/mol. The van der Waals surface area contributed by atoms with Crippen LogP contribution >= 0.6 is 0 Å². The van der Waals surface area contributed by atoms with Crippen LogP contribution in [0.15, 0.2) is 30.7 Å². The van der Waals surface area contributed by atoms with Gasteiger partial charge in [0.25, 0.3) is 5.91 Å². The molecule has 2 N–H and O–H groups in total. The molecule has 0 aromatic carbocycles. The molecule has 0 saturated carbocycles. The zero-order valence-corrected chi connectivity index (χ0v) is 16.3. The number of ether oxygens (including phenoxy) is 1. The summed E-state index contributed by atoms with van der Waals surface area (Å²) in [4.78, 5) is 20.5. The molecule has 160 valence electrons. The Morgan fingerprint density at radius 2 is 2.13 bits per heavy atom. The molecule has 0 aliphatic heterocycles. The fraction of sp³-hybridized carbons (Fsp3) is 0.368. The lowest BCUT2D eigenvalue weighted by Crippen LogP contribution is -2.35. The quantitative estimate of drug-likeness (QED) is 0.604. The fourth-order valence-corrected chi connectivity index (χ4v) is 2.79. The standard InChI is InChI=1S/C19H20F3N5O3/c1-11-5-13(6-24-18(11)30-10-19(20,21)22)7-27-8-14-15(26-27)3-4-23-16(14)17(29)25-12(2)9-28/h3-6,8,12,28H,7,9-10H2,1-2H3,(H,25,29)/t12-/m1/s1. The largest absolute Gasteiger partial charge is 0.468 e. The van der Waals surface area contributed by atoms with Crippen LogP contribution in [0.5, 0.6) is 5.88 Å². The summed E-state index contributed by atoms with van der Waals surface area (Å²) >= 11 is 0. The molecule has 1 atom stereocenters. The Morgan fingerprint density at radius 3 is 2.80 bits per heavy atom. The number of hydrogen-bond acceptors (Lipinski definition) is 6. The van der Waals surface area contributed by atoms with Gasteiger partial charge in [0.1, 0.15) is 5.69 Å². The van der Waals surface area contributed by atoms with Crippen molar-refractivity contribution in [2.24, 2.45) is 0 Å². The predicted octanol–water partition coefficient (Wildman–Crippen LogP) is 2.23. The molecule has 0 radical (unpaired) electrons. The third kappa shape index (κ3) is 5.23. The second-order valence-electron chi connectivity index (χ2n) is 6.85. The first-order valence-electron chi connectivity index (χ1n) is 9.05. The van der Waals surface area contributed by atoms with Gasteiger partial charge in [-0.3, -0.25) is 14.5 Å². The van der Waals surface area contributed by atoms with E-state index in [1.807, 2.05) is 0 Å². The summed E-state index contributed by atoms with van der Waals surface area (Å²) < 4.78 is 43.2. The number of aliphatic hydroxyl groups is 1. The SMILES string of the molecule is Cc1cc(Cn2cc3c(C(=O)N[C@H](C)CO)nccc3n2)cnc1OCC(F)(F)F. The van der Waals surface area contributed by atoms with Crippen LogP contribution in [0.4, 0.5) is 13.2 Å². The Bertz CT molecular complexity index is 1050. The van der Waals surface area contributed by atoms with E-state index < -0.39 is 24.7 Å². The van der Waals surface area contributed by atoms with Gasteiger partial charge >= 0.3 is 6.18 Å². The number of aliphatic hydroxyl groups excluding tert-OH is 1. The number of alkyl halides is 3. The van der Waals surface area contributed by atoms with Gasteiger partial charge in [0, 0.05) is 30.2 Å². The molecule has 11 heteroatoms. The van der Waals surface area contributed by atoms with Gasteiger partial charge < -0.3 is 15.2 Å². The lowest BCUT2D eigenvalue weighted by molar-refractivity contribution is -0.154. The second-order valence-corrected chi connectivity index (χ2v) is 6.85. The summed E-state index contributed by atoms with van der Waals surface area (Å²) in [5.41, 5.74) is 1.91. The number of rotatable bonds is 7. The Hall–Kier alpha value is -3.21.